The smallest absolute Gasteiger partial charge is 0.254 e. The Morgan fingerprint density at radius 1 is 1.30 bits per heavy atom. The lowest BCUT2D eigenvalue weighted by molar-refractivity contribution is 0.0735. The first kappa shape index (κ1) is 16.2. The van der Waals surface area contributed by atoms with Crippen molar-refractivity contribution in [1.82, 2.24) is 4.90 Å². The predicted octanol–water partition coefficient (Wildman–Crippen LogP) is 3.44. The second-order valence-electron chi connectivity index (χ2n) is 5.97. The van der Waals surface area contributed by atoms with Crippen LogP contribution >= 0.6 is 11.3 Å². The zero-order valence-electron chi connectivity index (χ0n) is 13.2. The number of benzene rings is 1. The van der Waals surface area contributed by atoms with Crippen molar-refractivity contribution in [3.63, 3.8) is 0 Å². The molecule has 0 spiro atoms. The second kappa shape index (κ2) is 6.09. The van der Waals surface area contributed by atoms with Crippen molar-refractivity contribution < 1.29 is 13.2 Å². The summed E-state index contributed by atoms with van der Waals surface area (Å²) in [5.41, 5.74) is 2.27. The molecule has 2 heterocycles. The fraction of sp³-hybridized carbons (Fsp3) is 0.353. The van der Waals surface area contributed by atoms with E-state index < -0.39 is 9.84 Å². The van der Waals surface area contributed by atoms with Gasteiger partial charge in [0.15, 0.2) is 9.84 Å². The number of carbonyl (C=O) groups excluding carboxylic acids is 1. The van der Waals surface area contributed by atoms with Crippen LogP contribution in [0.3, 0.4) is 0 Å². The van der Waals surface area contributed by atoms with Crippen LogP contribution in [-0.4, -0.2) is 32.0 Å². The third kappa shape index (κ3) is 3.19. The van der Waals surface area contributed by atoms with Gasteiger partial charge in [-0.05, 0) is 59.9 Å². The summed E-state index contributed by atoms with van der Waals surface area (Å²) >= 11 is 1.63. The summed E-state index contributed by atoms with van der Waals surface area (Å²) in [4.78, 5) is 15.0. The van der Waals surface area contributed by atoms with E-state index in [9.17, 15) is 13.2 Å². The number of carbonyl (C=O) groups is 1. The number of aryl methyl sites for hydroxylation is 1. The molecule has 1 amide bonds. The normalized spacial score (nSPS) is 18.3. The zero-order chi connectivity index (χ0) is 16.6. The first-order valence-corrected chi connectivity index (χ1v) is 10.3. The molecule has 0 saturated carbocycles. The van der Waals surface area contributed by atoms with Crippen LogP contribution in [0.4, 0.5) is 0 Å². The third-order valence-corrected chi connectivity index (χ3v) is 6.22. The maximum Gasteiger partial charge on any atom is 0.254 e. The molecule has 3 rings (SSSR count). The summed E-state index contributed by atoms with van der Waals surface area (Å²) in [5.74, 6) is -0.0939. The molecule has 1 aliphatic heterocycles. The Balaban J connectivity index is 1.94. The van der Waals surface area contributed by atoms with Crippen molar-refractivity contribution in [2.45, 2.75) is 30.7 Å². The Labute approximate surface area is 140 Å². The number of hydrogen-bond acceptors (Lipinski definition) is 4. The maximum absolute atomic E-state index is 12.9. The molecule has 2 aromatic rings. The van der Waals surface area contributed by atoms with E-state index in [4.69, 9.17) is 0 Å². The van der Waals surface area contributed by atoms with E-state index in [1.54, 1.807) is 30.4 Å². The van der Waals surface area contributed by atoms with E-state index in [-0.39, 0.29) is 16.8 Å². The highest BCUT2D eigenvalue weighted by Crippen LogP contribution is 2.34. The van der Waals surface area contributed by atoms with Crippen molar-refractivity contribution in [3.8, 4) is 0 Å². The monoisotopic (exact) mass is 349 g/mol. The topological polar surface area (TPSA) is 54.5 Å². The average Bonchev–Trinajstić information content (AvgIpc) is 3.16. The van der Waals surface area contributed by atoms with E-state index in [2.05, 4.69) is 11.4 Å². The van der Waals surface area contributed by atoms with Crippen LogP contribution in [0, 0.1) is 6.92 Å². The number of sulfone groups is 1. The number of likely N-dealkylation sites (tertiary alicyclic amines) is 1. The highest BCUT2D eigenvalue weighted by Gasteiger charge is 2.31. The number of thiophene rings is 1. The number of nitrogens with zero attached hydrogens (tertiary/aromatic N) is 1. The Hall–Kier alpha value is -1.66. The van der Waals surface area contributed by atoms with Crippen molar-refractivity contribution in [2.75, 3.05) is 12.8 Å². The molecule has 6 heteroatoms. The molecule has 23 heavy (non-hydrogen) atoms. The van der Waals surface area contributed by atoms with Gasteiger partial charge in [-0.1, -0.05) is 6.07 Å². The van der Waals surface area contributed by atoms with Gasteiger partial charge in [-0.25, -0.2) is 8.42 Å². The fourth-order valence-corrected chi connectivity index (χ4v) is 4.82. The molecule has 1 atom stereocenters. The van der Waals surface area contributed by atoms with Crippen LogP contribution in [0.15, 0.2) is 39.9 Å². The molecule has 0 radical (unpaired) electrons. The highest BCUT2D eigenvalue weighted by molar-refractivity contribution is 7.90. The lowest BCUT2D eigenvalue weighted by Crippen LogP contribution is -2.30. The second-order valence-corrected chi connectivity index (χ2v) is 8.73. The van der Waals surface area contributed by atoms with Gasteiger partial charge in [0.1, 0.15) is 0 Å². The molecular formula is C17H19NO3S2. The van der Waals surface area contributed by atoms with E-state index in [1.165, 1.54) is 12.3 Å². The van der Waals surface area contributed by atoms with Crippen molar-refractivity contribution in [3.05, 3.63) is 51.7 Å². The summed E-state index contributed by atoms with van der Waals surface area (Å²) in [6, 6.07) is 7.08. The first-order valence-electron chi connectivity index (χ1n) is 7.51. The summed E-state index contributed by atoms with van der Waals surface area (Å²) in [6.45, 7) is 2.45. The van der Waals surface area contributed by atoms with Gasteiger partial charge in [-0.2, -0.15) is 11.3 Å². The van der Waals surface area contributed by atoms with Gasteiger partial charge < -0.3 is 4.90 Å². The van der Waals surface area contributed by atoms with Crippen LogP contribution in [0.2, 0.25) is 0 Å². The minimum absolute atomic E-state index is 0.0939. The molecule has 0 bridgehead atoms. The average molecular weight is 349 g/mol. The molecular weight excluding hydrogens is 330 g/mol. The molecule has 0 aliphatic carbocycles. The van der Waals surface area contributed by atoms with Gasteiger partial charge in [0.2, 0.25) is 0 Å². The summed E-state index contributed by atoms with van der Waals surface area (Å²) in [5, 5.41) is 4.09. The van der Waals surface area contributed by atoms with Gasteiger partial charge in [0.05, 0.1) is 10.9 Å². The van der Waals surface area contributed by atoms with Crippen LogP contribution in [-0.2, 0) is 9.84 Å². The standard InChI is InChI=1S/C17H19NO3S2/c1-12-5-6-13(10-16(12)23(2,20)21)17(19)18-8-3-4-15(18)14-7-9-22-11-14/h5-7,9-11,15H,3-4,8H2,1-2H3/t15-/m1/s1. The Kier molecular flexibility index (Phi) is 4.29. The Bertz CT molecular complexity index is 826. The largest absolute Gasteiger partial charge is 0.332 e. The Morgan fingerprint density at radius 3 is 2.74 bits per heavy atom. The van der Waals surface area contributed by atoms with E-state index in [0.29, 0.717) is 17.7 Å². The van der Waals surface area contributed by atoms with Gasteiger partial charge in [0.25, 0.3) is 5.91 Å². The van der Waals surface area contributed by atoms with Crippen LogP contribution in [0.1, 0.15) is 40.4 Å². The van der Waals surface area contributed by atoms with Gasteiger partial charge in [-0.15, -0.1) is 0 Å². The molecule has 4 nitrogen and oxygen atoms in total. The van der Waals surface area contributed by atoms with Crippen molar-refractivity contribution >= 4 is 27.1 Å². The minimum atomic E-state index is -3.34. The van der Waals surface area contributed by atoms with E-state index >= 15 is 0 Å². The Morgan fingerprint density at radius 2 is 2.09 bits per heavy atom. The van der Waals surface area contributed by atoms with E-state index in [1.807, 2.05) is 10.3 Å². The molecule has 1 aromatic heterocycles. The van der Waals surface area contributed by atoms with Gasteiger partial charge >= 0.3 is 0 Å². The number of hydrogen-bond donors (Lipinski definition) is 0. The number of rotatable bonds is 3. The lowest BCUT2D eigenvalue weighted by Gasteiger charge is -2.24. The fourth-order valence-electron chi connectivity index (χ4n) is 3.12. The van der Waals surface area contributed by atoms with Crippen LogP contribution in [0.25, 0.3) is 0 Å². The van der Waals surface area contributed by atoms with Gasteiger partial charge in [-0.3, -0.25) is 4.79 Å². The lowest BCUT2D eigenvalue weighted by atomic mass is 10.1. The molecule has 0 unspecified atom stereocenters. The SMILES string of the molecule is Cc1ccc(C(=O)N2CCC[C@@H]2c2ccsc2)cc1S(C)(=O)=O. The molecule has 1 saturated heterocycles. The molecule has 122 valence electrons. The van der Waals surface area contributed by atoms with E-state index in [0.717, 1.165) is 18.4 Å². The molecule has 1 fully saturated rings. The third-order valence-electron chi connectivity index (χ3n) is 4.28. The quantitative estimate of drug-likeness (QED) is 0.853. The van der Waals surface area contributed by atoms with Crippen LogP contribution in [0.5, 0.6) is 0 Å². The summed E-state index contributed by atoms with van der Waals surface area (Å²) in [7, 11) is -3.34. The number of amides is 1. The molecule has 1 aliphatic rings. The van der Waals surface area contributed by atoms with Gasteiger partial charge in [0, 0.05) is 18.4 Å². The molecule has 1 aromatic carbocycles. The first-order chi connectivity index (χ1) is 10.9. The summed E-state index contributed by atoms with van der Waals surface area (Å²) < 4.78 is 23.8. The zero-order valence-corrected chi connectivity index (χ0v) is 14.8. The van der Waals surface area contributed by atoms with Crippen molar-refractivity contribution in [2.24, 2.45) is 0 Å². The predicted molar refractivity (Wildman–Crippen MR) is 91.6 cm³/mol. The van der Waals surface area contributed by atoms with Crippen molar-refractivity contribution in [1.29, 1.82) is 0 Å². The summed E-state index contributed by atoms with van der Waals surface area (Å²) in [6.07, 6.45) is 3.10. The van der Waals surface area contributed by atoms with Crippen LogP contribution < -0.4 is 0 Å². The minimum Gasteiger partial charge on any atom is -0.332 e. The maximum atomic E-state index is 12.9. The highest BCUT2D eigenvalue weighted by atomic mass is 32.2. The molecule has 0 N–H and O–H groups in total.